The molecule has 3 aliphatic rings. The molecule has 0 bridgehead atoms. The Morgan fingerprint density at radius 2 is 2.06 bits per heavy atom. The molecule has 6 rings (SSSR count). The Balaban J connectivity index is 1.07. The summed E-state index contributed by atoms with van der Waals surface area (Å²) in [6.45, 7) is 2.25. The number of fused-ring (bicyclic) bond motifs is 1. The topological polar surface area (TPSA) is 84.3 Å². The number of H-pyrrole nitrogens is 1. The van der Waals surface area contributed by atoms with E-state index in [1.807, 2.05) is 35.4 Å². The first-order chi connectivity index (χ1) is 15.7. The molecule has 1 unspecified atom stereocenters. The lowest BCUT2D eigenvalue weighted by Crippen LogP contribution is -2.51. The molecule has 0 radical (unpaired) electrons. The maximum absolute atomic E-state index is 13.1. The number of hydrogen-bond acceptors (Lipinski definition) is 5. The molecule has 2 aliphatic heterocycles. The largest absolute Gasteiger partial charge is 0.375 e. The highest BCUT2D eigenvalue weighted by atomic mass is 16.5. The van der Waals surface area contributed by atoms with Gasteiger partial charge >= 0.3 is 0 Å². The SMILES string of the molecule is O=C(c1ccc2cc[nH]c2c1)N1CCC2(CC1)CC(Cc1noc(C3CCC3)n1)CCO2. The number of carbonyl (C=O) groups is 1. The first-order valence-electron chi connectivity index (χ1n) is 12.0. The second kappa shape index (κ2) is 8.03. The monoisotopic (exact) mass is 434 g/mol. The Bertz CT molecular complexity index is 1110. The summed E-state index contributed by atoms with van der Waals surface area (Å²) in [6.07, 6.45) is 10.2. The van der Waals surface area contributed by atoms with E-state index in [9.17, 15) is 4.79 Å². The van der Waals surface area contributed by atoms with E-state index in [0.29, 0.717) is 11.8 Å². The highest BCUT2D eigenvalue weighted by Crippen LogP contribution is 2.39. The van der Waals surface area contributed by atoms with Crippen molar-refractivity contribution in [3.8, 4) is 0 Å². The van der Waals surface area contributed by atoms with Crippen LogP contribution in [-0.4, -0.2) is 51.2 Å². The first kappa shape index (κ1) is 20.0. The van der Waals surface area contributed by atoms with Gasteiger partial charge in [-0.05, 0) is 68.0 Å². The van der Waals surface area contributed by atoms with Crippen molar-refractivity contribution < 1.29 is 14.1 Å². The minimum atomic E-state index is -0.121. The van der Waals surface area contributed by atoms with Gasteiger partial charge in [-0.1, -0.05) is 17.6 Å². The van der Waals surface area contributed by atoms with Crippen molar-refractivity contribution in [2.45, 2.75) is 62.9 Å². The number of aromatic nitrogens is 3. The summed E-state index contributed by atoms with van der Waals surface area (Å²) in [5, 5.41) is 5.38. The number of piperidine rings is 1. The van der Waals surface area contributed by atoms with Gasteiger partial charge in [-0.15, -0.1) is 0 Å². The van der Waals surface area contributed by atoms with Crippen LogP contribution in [0.15, 0.2) is 35.0 Å². The summed E-state index contributed by atoms with van der Waals surface area (Å²) in [4.78, 5) is 22.9. The molecule has 7 heteroatoms. The van der Waals surface area contributed by atoms with Gasteiger partial charge in [-0.25, -0.2) is 0 Å². The Morgan fingerprint density at radius 3 is 2.88 bits per heavy atom. The second-order valence-corrected chi connectivity index (χ2v) is 9.84. The van der Waals surface area contributed by atoms with Crippen molar-refractivity contribution in [1.29, 1.82) is 0 Å². The fraction of sp³-hybridized carbons (Fsp3) is 0.560. The van der Waals surface area contributed by atoms with Gasteiger partial charge in [0, 0.05) is 49.3 Å². The van der Waals surface area contributed by atoms with Crippen molar-refractivity contribution in [3.63, 3.8) is 0 Å². The Kier molecular flexibility index (Phi) is 5.01. The van der Waals surface area contributed by atoms with Crippen LogP contribution < -0.4 is 0 Å². The van der Waals surface area contributed by atoms with Gasteiger partial charge in [0.05, 0.1) is 5.60 Å². The van der Waals surface area contributed by atoms with E-state index in [1.165, 1.54) is 19.3 Å². The van der Waals surface area contributed by atoms with Gasteiger partial charge in [0.2, 0.25) is 5.89 Å². The smallest absolute Gasteiger partial charge is 0.253 e. The van der Waals surface area contributed by atoms with Crippen LogP contribution in [0, 0.1) is 5.92 Å². The van der Waals surface area contributed by atoms with Crippen LogP contribution in [0.5, 0.6) is 0 Å². The summed E-state index contributed by atoms with van der Waals surface area (Å²) in [5.41, 5.74) is 1.63. The lowest BCUT2D eigenvalue weighted by atomic mass is 9.78. The fourth-order valence-corrected chi connectivity index (χ4v) is 5.56. The number of aromatic amines is 1. The lowest BCUT2D eigenvalue weighted by molar-refractivity contribution is -0.123. The number of benzene rings is 1. The van der Waals surface area contributed by atoms with Crippen LogP contribution in [0.4, 0.5) is 0 Å². The van der Waals surface area contributed by atoms with Gasteiger partial charge in [0.15, 0.2) is 5.82 Å². The highest BCUT2D eigenvalue weighted by molar-refractivity contribution is 5.98. The van der Waals surface area contributed by atoms with Gasteiger partial charge in [-0.2, -0.15) is 4.98 Å². The highest BCUT2D eigenvalue weighted by Gasteiger charge is 2.41. The third-order valence-electron chi connectivity index (χ3n) is 7.77. The van der Waals surface area contributed by atoms with E-state index >= 15 is 0 Å². The third-order valence-corrected chi connectivity index (χ3v) is 7.77. The van der Waals surface area contributed by atoms with Crippen molar-refractivity contribution in [3.05, 3.63) is 47.7 Å². The molecule has 1 N–H and O–H groups in total. The number of nitrogens with one attached hydrogen (secondary N) is 1. The normalized spacial score (nSPS) is 23.5. The average Bonchev–Trinajstić information content (AvgIpc) is 3.42. The van der Waals surface area contributed by atoms with Crippen LogP contribution in [0.25, 0.3) is 10.9 Å². The predicted molar refractivity (Wildman–Crippen MR) is 119 cm³/mol. The summed E-state index contributed by atoms with van der Waals surface area (Å²) < 4.78 is 11.8. The maximum Gasteiger partial charge on any atom is 0.253 e. The molecule has 1 aromatic carbocycles. The number of nitrogens with zero attached hydrogens (tertiary/aromatic N) is 3. The summed E-state index contributed by atoms with van der Waals surface area (Å²) in [5.74, 6) is 2.78. The van der Waals surface area contributed by atoms with Crippen LogP contribution in [0.1, 0.15) is 72.9 Å². The van der Waals surface area contributed by atoms with Crippen LogP contribution in [0.3, 0.4) is 0 Å². The van der Waals surface area contributed by atoms with Gasteiger partial charge in [-0.3, -0.25) is 4.79 Å². The third kappa shape index (κ3) is 3.72. The van der Waals surface area contributed by atoms with Gasteiger partial charge in [0.1, 0.15) is 0 Å². The Labute approximate surface area is 187 Å². The second-order valence-electron chi connectivity index (χ2n) is 9.84. The van der Waals surface area contributed by atoms with Crippen LogP contribution in [-0.2, 0) is 11.2 Å². The lowest BCUT2D eigenvalue weighted by Gasteiger charge is -2.46. The molecule has 2 aromatic heterocycles. The molecular formula is C25H30N4O3. The van der Waals surface area contributed by atoms with E-state index in [2.05, 4.69) is 15.1 Å². The van der Waals surface area contributed by atoms with E-state index in [-0.39, 0.29) is 11.5 Å². The molecule has 1 spiro atoms. The molecule has 1 amide bonds. The maximum atomic E-state index is 13.1. The summed E-state index contributed by atoms with van der Waals surface area (Å²) in [7, 11) is 0. The number of ether oxygens (including phenoxy) is 1. The fourth-order valence-electron chi connectivity index (χ4n) is 5.56. The zero-order valence-electron chi connectivity index (χ0n) is 18.4. The molecular weight excluding hydrogens is 404 g/mol. The zero-order chi connectivity index (χ0) is 21.5. The number of rotatable bonds is 4. The number of hydrogen-bond donors (Lipinski definition) is 1. The predicted octanol–water partition coefficient (Wildman–Crippen LogP) is 4.46. The molecule has 2 saturated heterocycles. The van der Waals surface area contributed by atoms with E-state index in [4.69, 9.17) is 9.26 Å². The minimum Gasteiger partial charge on any atom is -0.375 e. The van der Waals surface area contributed by atoms with Crippen molar-refractivity contribution in [1.82, 2.24) is 20.0 Å². The molecule has 3 aromatic rings. The quantitative estimate of drug-likeness (QED) is 0.655. The van der Waals surface area contributed by atoms with Gasteiger partial charge < -0.3 is 19.1 Å². The first-order valence-corrected chi connectivity index (χ1v) is 12.0. The molecule has 1 atom stereocenters. The molecule has 168 valence electrons. The van der Waals surface area contributed by atoms with Crippen molar-refractivity contribution in [2.75, 3.05) is 19.7 Å². The summed E-state index contributed by atoms with van der Waals surface area (Å²) >= 11 is 0. The number of amides is 1. The molecule has 1 aliphatic carbocycles. The van der Waals surface area contributed by atoms with Crippen LogP contribution in [0.2, 0.25) is 0 Å². The van der Waals surface area contributed by atoms with Crippen molar-refractivity contribution in [2.24, 2.45) is 5.92 Å². The van der Waals surface area contributed by atoms with Crippen LogP contribution >= 0.6 is 0 Å². The number of carbonyl (C=O) groups excluding carboxylic acids is 1. The van der Waals surface area contributed by atoms with E-state index < -0.39 is 0 Å². The number of likely N-dealkylation sites (tertiary alicyclic amines) is 1. The van der Waals surface area contributed by atoms with E-state index in [0.717, 1.165) is 80.0 Å². The Morgan fingerprint density at radius 1 is 1.19 bits per heavy atom. The summed E-state index contributed by atoms with van der Waals surface area (Å²) in [6, 6.07) is 7.91. The zero-order valence-corrected chi connectivity index (χ0v) is 18.4. The van der Waals surface area contributed by atoms with E-state index in [1.54, 1.807) is 0 Å². The molecule has 7 nitrogen and oxygen atoms in total. The minimum absolute atomic E-state index is 0.110. The van der Waals surface area contributed by atoms with Gasteiger partial charge in [0.25, 0.3) is 5.91 Å². The molecule has 1 saturated carbocycles. The molecule has 32 heavy (non-hydrogen) atoms. The Hall–Kier alpha value is -2.67. The van der Waals surface area contributed by atoms with Crippen molar-refractivity contribution >= 4 is 16.8 Å². The average molecular weight is 435 g/mol. The molecule has 4 heterocycles. The molecule has 3 fully saturated rings. The standard InChI is InChI=1S/C25H30N4O3/c30-24(20-5-4-18-6-10-26-21(18)15-20)29-11-8-25(9-12-29)16-17(7-13-31-25)14-22-27-23(32-28-22)19-2-1-3-19/h4-6,10,15,17,19,26H,1-3,7-9,11-14,16H2.